The smallest absolute Gasteiger partial charge is 0.128 e. The highest BCUT2D eigenvalue weighted by molar-refractivity contribution is 5.46. The van der Waals surface area contributed by atoms with Gasteiger partial charge in [0.15, 0.2) is 0 Å². The van der Waals surface area contributed by atoms with E-state index < -0.39 is 6.10 Å². The normalized spacial score (nSPS) is 13.8. The van der Waals surface area contributed by atoms with Crippen LogP contribution in [0.1, 0.15) is 43.7 Å². The lowest BCUT2D eigenvalue weighted by molar-refractivity contribution is 0.169. The minimum Gasteiger partial charge on any atom is -0.387 e. The van der Waals surface area contributed by atoms with Gasteiger partial charge in [0.05, 0.1) is 29.7 Å². The molecule has 0 saturated carbocycles. The van der Waals surface area contributed by atoms with E-state index in [2.05, 4.69) is 4.98 Å². The van der Waals surface area contributed by atoms with Crippen LogP contribution in [0.2, 0.25) is 0 Å². The Labute approximate surface area is 125 Å². The van der Waals surface area contributed by atoms with E-state index >= 15 is 0 Å². The predicted molar refractivity (Wildman–Crippen MR) is 82.7 cm³/mol. The van der Waals surface area contributed by atoms with Gasteiger partial charge in [0, 0.05) is 12.6 Å². The maximum atomic E-state index is 13.9. The third-order valence-corrected chi connectivity index (χ3v) is 3.84. The standard InChI is InChI=1S/C17H21FN2O/c1-4-17(21)16-10-9-13(11-19-16)20(3)12(2)14-7-5-6-8-15(14)18/h5-12,17,21H,4H2,1-3H3/t12?,17-/m0/s1. The van der Waals surface area contributed by atoms with E-state index in [9.17, 15) is 9.50 Å². The number of rotatable bonds is 5. The number of benzene rings is 1. The van der Waals surface area contributed by atoms with Gasteiger partial charge in [0.25, 0.3) is 0 Å². The lowest BCUT2D eigenvalue weighted by atomic mass is 10.1. The van der Waals surface area contributed by atoms with Crippen LogP contribution in [0.5, 0.6) is 0 Å². The number of halogens is 1. The average Bonchev–Trinajstić information content (AvgIpc) is 2.53. The van der Waals surface area contributed by atoms with E-state index in [1.54, 1.807) is 18.3 Å². The van der Waals surface area contributed by atoms with Crippen LogP contribution in [-0.4, -0.2) is 17.1 Å². The molecule has 21 heavy (non-hydrogen) atoms. The molecule has 2 aromatic rings. The van der Waals surface area contributed by atoms with Gasteiger partial charge in [0.1, 0.15) is 5.82 Å². The van der Waals surface area contributed by atoms with E-state index in [1.165, 1.54) is 6.07 Å². The second-order valence-electron chi connectivity index (χ2n) is 5.17. The summed E-state index contributed by atoms with van der Waals surface area (Å²) in [4.78, 5) is 6.25. The molecule has 1 N–H and O–H groups in total. The van der Waals surface area contributed by atoms with Gasteiger partial charge in [-0.15, -0.1) is 0 Å². The highest BCUT2D eigenvalue weighted by Gasteiger charge is 2.16. The molecule has 4 heteroatoms. The molecule has 0 amide bonds. The number of aromatic nitrogens is 1. The van der Waals surface area contributed by atoms with E-state index in [4.69, 9.17) is 0 Å². The molecule has 1 aromatic carbocycles. The zero-order chi connectivity index (χ0) is 15.4. The second-order valence-corrected chi connectivity index (χ2v) is 5.17. The van der Waals surface area contributed by atoms with Gasteiger partial charge in [0.2, 0.25) is 0 Å². The molecule has 0 radical (unpaired) electrons. The molecule has 1 aromatic heterocycles. The molecule has 0 aliphatic rings. The summed E-state index contributed by atoms with van der Waals surface area (Å²) in [6.45, 7) is 3.86. The van der Waals surface area contributed by atoms with E-state index in [-0.39, 0.29) is 11.9 Å². The summed E-state index contributed by atoms with van der Waals surface area (Å²) in [5.74, 6) is -0.206. The van der Waals surface area contributed by atoms with Crippen molar-refractivity contribution < 1.29 is 9.50 Å². The van der Waals surface area contributed by atoms with Crippen molar-refractivity contribution in [2.24, 2.45) is 0 Å². The maximum Gasteiger partial charge on any atom is 0.128 e. The number of aliphatic hydroxyl groups excluding tert-OH is 1. The lowest BCUT2D eigenvalue weighted by Gasteiger charge is -2.27. The van der Waals surface area contributed by atoms with Crippen molar-refractivity contribution in [1.82, 2.24) is 4.98 Å². The van der Waals surface area contributed by atoms with E-state index in [0.717, 1.165) is 5.69 Å². The Balaban J connectivity index is 2.20. The Morgan fingerprint density at radius 3 is 2.52 bits per heavy atom. The summed E-state index contributed by atoms with van der Waals surface area (Å²) in [7, 11) is 1.91. The number of anilines is 1. The fraction of sp³-hybridized carbons (Fsp3) is 0.353. The Kier molecular flexibility index (Phi) is 4.91. The molecule has 0 bridgehead atoms. The summed E-state index contributed by atoms with van der Waals surface area (Å²) in [5, 5.41) is 9.76. The molecule has 2 atom stereocenters. The summed E-state index contributed by atoms with van der Waals surface area (Å²) >= 11 is 0. The third kappa shape index (κ3) is 3.39. The van der Waals surface area contributed by atoms with Crippen LogP contribution >= 0.6 is 0 Å². The number of nitrogens with zero attached hydrogens (tertiary/aromatic N) is 2. The Bertz CT molecular complexity index is 586. The zero-order valence-corrected chi connectivity index (χ0v) is 12.6. The van der Waals surface area contributed by atoms with Crippen molar-refractivity contribution in [2.75, 3.05) is 11.9 Å². The van der Waals surface area contributed by atoms with Crippen molar-refractivity contribution in [2.45, 2.75) is 32.4 Å². The molecule has 112 valence electrons. The van der Waals surface area contributed by atoms with Crippen molar-refractivity contribution in [3.63, 3.8) is 0 Å². The van der Waals surface area contributed by atoms with E-state index in [1.807, 2.05) is 44.0 Å². The monoisotopic (exact) mass is 288 g/mol. The fourth-order valence-corrected chi connectivity index (χ4v) is 2.26. The molecule has 0 aliphatic heterocycles. The highest BCUT2D eigenvalue weighted by Crippen LogP contribution is 2.27. The maximum absolute atomic E-state index is 13.9. The first-order valence-electron chi connectivity index (χ1n) is 7.15. The number of pyridine rings is 1. The van der Waals surface area contributed by atoms with Gasteiger partial charge in [-0.1, -0.05) is 25.1 Å². The fourth-order valence-electron chi connectivity index (χ4n) is 2.26. The summed E-state index contributed by atoms with van der Waals surface area (Å²) in [6.07, 6.45) is 1.81. The van der Waals surface area contributed by atoms with Crippen molar-refractivity contribution in [3.8, 4) is 0 Å². The van der Waals surface area contributed by atoms with Crippen molar-refractivity contribution in [1.29, 1.82) is 0 Å². The SMILES string of the molecule is CC[C@H](O)c1ccc(N(C)C(C)c2ccccc2F)cn1. The van der Waals surface area contributed by atoms with Gasteiger partial charge in [-0.05, 0) is 31.5 Å². The van der Waals surface area contributed by atoms with Gasteiger partial charge in [-0.2, -0.15) is 0 Å². The molecule has 3 nitrogen and oxygen atoms in total. The van der Waals surface area contributed by atoms with Crippen LogP contribution in [0.3, 0.4) is 0 Å². The summed E-state index contributed by atoms with van der Waals surface area (Å²) in [6, 6.07) is 10.4. The first-order chi connectivity index (χ1) is 10.0. The first-order valence-corrected chi connectivity index (χ1v) is 7.15. The average molecular weight is 288 g/mol. The number of hydrogen-bond donors (Lipinski definition) is 1. The molecule has 0 spiro atoms. The zero-order valence-electron chi connectivity index (χ0n) is 12.6. The second kappa shape index (κ2) is 6.68. The Morgan fingerprint density at radius 1 is 1.24 bits per heavy atom. The quantitative estimate of drug-likeness (QED) is 0.907. The van der Waals surface area contributed by atoms with Crippen LogP contribution in [0.15, 0.2) is 42.6 Å². The predicted octanol–water partition coefficient (Wildman–Crippen LogP) is 3.86. The van der Waals surface area contributed by atoms with Gasteiger partial charge >= 0.3 is 0 Å². The van der Waals surface area contributed by atoms with Crippen LogP contribution in [0.4, 0.5) is 10.1 Å². The molecule has 1 unspecified atom stereocenters. The molecule has 0 aliphatic carbocycles. The Morgan fingerprint density at radius 2 is 1.95 bits per heavy atom. The Hall–Kier alpha value is -1.94. The summed E-state index contributed by atoms with van der Waals surface area (Å²) in [5.41, 5.74) is 2.20. The van der Waals surface area contributed by atoms with Gasteiger partial charge in [-0.25, -0.2) is 4.39 Å². The highest BCUT2D eigenvalue weighted by atomic mass is 19.1. The van der Waals surface area contributed by atoms with Crippen LogP contribution in [-0.2, 0) is 0 Å². The molecule has 2 rings (SSSR count). The minimum absolute atomic E-state index is 0.102. The number of aliphatic hydroxyl groups is 1. The molecular formula is C17H21FN2O. The first kappa shape index (κ1) is 15.4. The van der Waals surface area contributed by atoms with Gasteiger partial charge in [-0.3, -0.25) is 4.98 Å². The van der Waals surface area contributed by atoms with Crippen molar-refractivity contribution in [3.05, 3.63) is 59.7 Å². The van der Waals surface area contributed by atoms with Gasteiger partial charge < -0.3 is 10.0 Å². The molecule has 0 saturated heterocycles. The lowest BCUT2D eigenvalue weighted by Crippen LogP contribution is -2.22. The topological polar surface area (TPSA) is 36.4 Å². The molecule has 1 heterocycles. The third-order valence-electron chi connectivity index (χ3n) is 3.84. The van der Waals surface area contributed by atoms with Crippen molar-refractivity contribution >= 4 is 5.69 Å². The van der Waals surface area contributed by atoms with Crippen LogP contribution < -0.4 is 4.90 Å². The van der Waals surface area contributed by atoms with Crippen LogP contribution in [0.25, 0.3) is 0 Å². The minimum atomic E-state index is -0.534. The molecular weight excluding hydrogens is 267 g/mol. The molecule has 0 fully saturated rings. The number of hydrogen-bond acceptors (Lipinski definition) is 3. The summed E-state index contributed by atoms with van der Waals surface area (Å²) < 4.78 is 13.9. The van der Waals surface area contributed by atoms with Crippen LogP contribution in [0, 0.1) is 5.82 Å². The van der Waals surface area contributed by atoms with E-state index in [0.29, 0.717) is 17.7 Å². The largest absolute Gasteiger partial charge is 0.387 e.